The van der Waals surface area contributed by atoms with Crippen LogP contribution in [0.5, 0.6) is 6.01 Å². The molecule has 1 aliphatic rings. The third-order valence-electron chi connectivity index (χ3n) is 4.16. The number of nitrogens with zero attached hydrogens (tertiary/aromatic N) is 3. The van der Waals surface area contributed by atoms with Gasteiger partial charge < -0.3 is 9.64 Å². The van der Waals surface area contributed by atoms with Crippen molar-refractivity contribution in [2.24, 2.45) is 0 Å². The number of hydrogen-bond donors (Lipinski definition) is 0. The number of hydrogen-bond acceptors (Lipinski definition) is 4. The molecule has 0 bridgehead atoms. The van der Waals surface area contributed by atoms with Gasteiger partial charge >= 0.3 is 6.01 Å². The van der Waals surface area contributed by atoms with Crippen molar-refractivity contribution in [3.8, 4) is 6.01 Å². The molecule has 3 rings (SSSR count). The molecule has 0 N–H and O–H groups in total. The molecule has 5 heteroatoms. The van der Waals surface area contributed by atoms with Gasteiger partial charge in [-0.3, -0.25) is 4.79 Å². The Labute approximate surface area is 142 Å². The summed E-state index contributed by atoms with van der Waals surface area (Å²) < 4.78 is 5.94. The minimum absolute atomic E-state index is 0.0614. The van der Waals surface area contributed by atoms with E-state index in [0.29, 0.717) is 12.6 Å². The van der Waals surface area contributed by atoms with Crippen LogP contribution in [0.1, 0.15) is 40.2 Å². The standard InChI is InChI=1S/C19H23N3O2/c1-13-6-4-7-16(10-13)18(23)22-9-5-8-17(12-22)24-19-20-14(2)11-15(3)21-19/h4,6-7,10-11,17H,5,8-9,12H2,1-3H3. The summed E-state index contributed by atoms with van der Waals surface area (Å²) in [7, 11) is 0. The minimum Gasteiger partial charge on any atom is -0.458 e. The molecule has 1 aromatic heterocycles. The average Bonchev–Trinajstić information content (AvgIpc) is 2.53. The lowest BCUT2D eigenvalue weighted by Gasteiger charge is -2.32. The number of piperidine rings is 1. The molecule has 2 aromatic rings. The number of carbonyl (C=O) groups excluding carboxylic acids is 1. The van der Waals surface area contributed by atoms with Crippen molar-refractivity contribution in [3.05, 3.63) is 52.8 Å². The molecule has 1 amide bonds. The largest absolute Gasteiger partial charge is 0.458 e. The van der Waals surface area contributed by atoms with E-state index in [0.717, 1.165) is 41.9 Å². The van der Waals surface area contributed by atoms with Gasteiger partial charge in [0.1, 0.15) is 6.10 Å². The smallest absolute Gasteiger partial charge is 0.317 e. The van der Waals surface area contributed by atoms with Crippen LogP contribution in [-0.2, 0) is 0 Å². The Hall–Kier alpha value is -2.43. The van der Waals surface area contributed by atoms with Crippen LogP contribution in [0.15, 0.2) is 30.3 Å². The molecule has 2 heterocycles. The van der Waals surface area contributed by atoms with Gasteiger partial charge in [-0.2, -0.15) is 0 Å². The average molecular weight is 325 g/mol. The lowest BCUT2D eigenvalue weighted by molar-refractivity contribution is 0.0515. The Morgan fingerprint density at radius 2 is 1.92 bits per heavy atom. The quantitative estimate of drug-likeness (QED) is 0.870. The fraction of sp³-hybridized carbons (Fsp3) is 0.421. The van der Waals surface area contributed by atoms with E-state index in [2.05, 4.69) is 9.97 Å². The summed E-state index contributed by atoms with van der Waals surface area (Å²) in [6.45, 7) is 7.19. The molecule has 1 aromatic carbocycles. The topological polar surface area (TPSA) is 55.3 Å². The van der Waals surface area contributed by atoms with Crippen LogP contribution in [0.3, 0.4) is 0 Å². The molecule has 1 aliphatic heterocycles. The fourth-order valence-corrected chi connectivity index (χ4v) is 3.07. The fourth-order valence-electron chi connectivity index (χ4n) is 3.07. The van der Waals surface area contributed by atoms with E-state index in [1.165, 1.54) is 0 Å². The first-order valence-electron chi connectivity index (χ1n) is 8.36. The molecule has 5 nitrogen and oxygen atoms in total. The number of carbonyl (C=O) groups is 1. The highest BCUT2D eigenvalue weighted by Gasteiger charge is 2.26. The molecule has 1 fully saturated rings. The second-order valence-electron chi connectivity index (χ2n) is 6.44. The van der Waals surface area contributed by atoms with Crippen molar-refractivity contribution in [1.29, 1.82) is 0 Å². The monoisotopic (exact) mass is 325 g/mol. The van der Waals surface area contributed by atoms with Gasteiger partial charge in [0.25, 0.3) is 5.91 Å². The van der Waals surface area contributed by atoms with E-state index in [4.69, 9.17) is 4.74 Å². The molecule has 0 aliphatic carbocycles. The van der Waals surface area contributed by atoms with Crippen LogP contribution in [0.4, 0.5) is 0 Å². The molecule has 0 radical (unpaired) electrons. The highest BCUT2D eigenvalue weighted by Crippen LogP contribution is 2.18. The van der Waals surface area contributed by atoms with Crippen molar-refractivity contribution in [2.45, 2.75) is 39.7 Å². The molecule has 1 atom stereocenters. The highest BCUT2D eigenvalue weighted by molar-refractivity contribution is 5.94. The third-order valence-corrected chi connectivity index (χ3v) is 4.16. The number of benzene rings is 1. The zero-order valence-electron chi connectivity index (χ0n) is 14.5. The molecule has 0 spiro atoms. The summed E-state index contributed by atoms with van der Waals surface area (Å²) in [5, 5.41) is 0. The van der Waals surface area contributed by atoms with Crippen LogP contribution in [0.2, 0.25) is 0 Å². The number of ether oxygens (including phenoxy) is 1. The lowest BCUT2D eigenvalue weighted by Crippen LogP contribution is -2.44. The first-order valence-corrected chi connectivity index (χ1v) is 8.36. The summed E-state index contributed by atoms with van der Waals surface area (Å²) in [6.07, 6.45) is 1.77. The Kier molecular flexibility index (Phi) is 4.79. The molecule has 1 unspecified atom stereocenters. The van der Waals surface area contributed by atoms with Crippen LogP contribution < -0.4 is 4.74 Å². The van der Waals surface area contributed by atoms with Crippen molar-refractivity contribution >= 4 is 5.91 Å². The SMILES string of the molecule is Cc1cccc(C(=O)N2CCCC(Oc3nc(C)cc(C)n3)C2)c1. The number of likely N-dealkylation sites (tertiary alicyclic amines) is 1. The number of aryl methyl sites for hydroxylation is 3. The lowest BCUT2D eigenvalue weighted by atomic mass is 10.1. The number of aromatic nitrogens is 2. The Balaban J connectivity index is 1.69. The maximum absolute atomic E-state index is 12.7. The molecule has 24 heavy (non-hydrogen) atoms. The molecule has 0 saturated carbocycles. The molecular weight excluding hydrogens is 302 g/mol. The van der Waals surface area contributed by atoms with Crippen LogP contribution >= 0.6 is 0 Å². The Bertz CT molecular complexity index is 725. The normalized spacial score (nSPS) is 17.6. The van der Waals surface area contributed by atoms with Gasteiger partial charge in [-0.1, -0.05) is 17.7 Å². The number of rotatable bonds is 3. The van der Waals surface area contributed by atoms with Gasteiger partial charge in [0.15, 0.2) is 0 Å². The van der Waals surface area contributed by atoms with Crippen LogP contribution in [-0.4, -0.2) is 40.0 Å². The molecular formula is C19H23N3O2. The zero-order valence-corrected chi connectivity index (χ0v) is 14.5. The molecule has 1 saturated heterocycles. The van der Waals surface area contributed by atoms with E-state index in [1.807, 2.05) is 56.0 Å². The predicted octanol–water partition coefficient (Wildman–Crippen LogP) is 3.09. The molecule has 126 valence electrons. The summed E-state index contributed by atoms with van der Waals surface area (Å²) >= 11 is 0. The second kappa shape index (κ2) is 6.99. The van der Waals surface area contributed by atoms with Crippen LogP contribution in [0, 0.1) is 20.8 Å². The van der Waals surface area contributed by atoms with Crippen molar-refractivity contribution in [3.63, 3.8) is 0 Å². The minimum atomic E-state index is -0.0614. The van der Waals surface area contributed by atoms with Crippen molar-refractivity contribution < 1.29 is 9.53 Å². The first-order chi connectivity index (χ1) is 11.5. The second-order valence-corrected chi connectivity index (χ2v) is 6.44. The van der Waals surface area contributed by atoms with E-state index in [1.54, 1.807) is 0 Å². The van der Waals surface area contributed by atoms with E-state index in [9.17, 15) is 4.79 Å². The van der Waals surface area contributed by atoms with Gasteiger partial charge in [-0.15, -0.1) is 0 Å². The highest BCUT2D eigenvalue weighted by atomic mass is 16.5. The van der Waals surface area contributed by atoms with E-state index < -0.39 is 0 Å². The summed E-state index contributed by atoms with van der Waals surface area (Å²) in [5.74, 6) is 0.0633. The van der Waals surface area contributed by atoms with Crippen molar-refractivity contribution in [1.82, 2.24) is 14.9 Å². The maximum Gasteiger partial charge on any atom is 0.317 e. The van der Waals surface area contributed by atoms with E-state index in [-0.39, 0.29) is 12.0 Å². The summed E-state index contributed by atoms with van der Waals surface area (Å²) in [5.41, 5.74) is 3.61. The van der Waals surface area contributed by atoms with Gasteiger partial charge in [0.05, 0.1) is 6.54 Å². The Morgan fingerprint density at radius 1 is 1.17 bits per heavy atom. The van der Waals surface area contributed by atoms with Gasteiger partial charge in [0.2, 0.25) is 0 Å². The van der Waals surface area contributed by atoms with Crippen LogP contribution in [0.25, 0.3) is 0 Å². The van der Waals surface area contributed by atoms with Gasteiger partial charge in [-0.25, -0.2) is 9.97 Å². The third kappa shape index (κ3) is 3.91. The first kappa shape index (κ1) is 16.4. The van der Waals surface area contributed by atoms with Gasteiger partial charge in [-0.05, 0) is 51.8 Å². The summed E-state index contributed by atoms with van der Waals surface area (Å²) in [6, 6.07) is 10.0. The predicted molar refractivity (Wildman–Crippen MR) is 92.2 cm³/mol. The Morgan fingerprint density at radius 3 is 2.62 bits per heavy atom. The van der Waals surface area contributed by atoms with Gasteiger partial charge in [0, 0.05) is 23.5 Å². The zero-order chi connectivity index (χ0) is 17.1. The maximum atomic E-state index is 12.7. The van der Waals surface area contributed by atoms with Crippen molar-refractivity contribution in [2.75, 3.05) is 13.1 Å². The van der Waals surface area contributed by atoms with E-state index >= 15 is 0 Å². The summed E-state index contributed by atoms with van der Waals surface area (Å²) in [4.78, 5) is 23.2. The number of amides is 1.